The number of thiazole rings is 1. The van der Waals surface area contributed by atoms with E-state index in [2.05, 4.69) is 67.1 Å². The van der Waals surface area contributed by atoms with Crippen molar-refractivity contribution in [1.29, 1.82) is 0 Å². The number of likely N-dealkylation sites (tertiary alicyclic amines) is 1. The van der Waals surface area contributed by atoms with Gasteiger partial charge in [0.2, 0.25) is 0 Å². The molecule has 11 nitrogen and oxygen atoms in total. The number of nitrogens with zero attached hydrogens (tertiary/aromatic N) is 7. The Morgan fingerprint density at radius 1 is 0.982 bits per heavy atom. The van der Waals surface area contributed by atoms with E-state index >= 15 is 0 Å². The number of aryl methyl sites for hydroxylation is 1. The minimum atomic E-state index is -2.58. The van der Waals surface area contributed by atoms with E-state index in [1.807, 2.05) is 36.3 Å². The third-order valence-corrected chi connectivity index (χ3v) is 13.9. The van der Waals surface area contributed by atoms with Crippen LogP contribution in [0.1, 0.15) is 64.0 Å². The lowest BCUT2D eigenvalue weighted by atomic mass is 10.1. The fourth-order valence-corrected chi connectivity index (χ4v) is 8.59. The number of anilines is 1. The maximum atomic E-state index is 13.3. The molecule has 0 aliphatic carbocycles. The number of aromatic nitrogens is 5. The topological polar surface area (TPSA) is 107 Å². The number of amides is 1. The van der Waals surface area contributed by atoms with Crippen LogP contribution in [0.3, 0.4) is 0 Å². The van der Waals surface area contributed by atoms with Crippen LogP contribution >= 0.6 is 11.3 Å². The molecule has 16 heteroatoms. The zero-order chi connectivity index (χ0) is 40.1. The zero-order valence-electron chi connectivity index (χ0n) is 34.2. The van der Waals surface area contributed by atoms with E-state index < -0.39 is 28.2 Å². The summed E-state index contributed by atoms with van der Waals surface area (Å²) in [6.07, 6.45) is 4.99. The first-order valence-electron chi connectivity index (χ1n) is 19.3. The van der Waals surface area contributed by atoms with Gasteiger partial charge in [-0.05, 0) is 71.5 Å². The third kappa shape index (κ3) is 12.1. The van der Waals surface area contributed by atoms with Gasteiger partial charge >= 0.3 is 6.09 Å². The van der Waals surface area contributed by atoms with Crippen molar-refractivity contribution in [1.82, 2.24) is 29.5 Å². The molecule has 55 heavy (non-hydrogen) atoms. The monoisotopic (exact) mass is 815 g/mol. The number of carbonyl (C=O) groups is 1. The fourth-order valence-electron chi connectivity index (χ4n) is 6.33. The van der Waals surface area contributed by atoms with Gasteiger partial charge in [0.1, 0.15) is 29.9 Å². The molecule has 2 atom stereocenters. The summed E-state index contributed by atoms with van der Waals surface area (Å²) in [6.45, 7) is 23.8. The SMILES string of the molecule is CC1CCC(CCc2cc(N(COCC[Si](C)(C)C)COCC[Si](C)(C)C)n3ncc(-c4ccc(-c5ncc(C(F)F)s5)nc4)c3n2)N1C(=O)OC(C)(C)C. The van der Waals surface area contributed by atoms with Gasteiger partial charge in [0, 0.05) is 76.7 Å². The maximum Gasteiger partial charge on any atom is 0.410 e. The molecular formula is C39H59F2N7O4SSi2. The molecule has 2 unspecified atom stereocenters. The molecule has 0 bridgehead atoms. The molecule has 0 saturated carbocycles. The maximum absolute atomic E-state index is 13.3. The highest BCUT2D eigenvalue weighted by molar-refractivity contribution is 7.15. The molecule has 5 heterocycles. The van der Waals surface area contributed by atoms with E-state index in [1.165, 1.54) is 6.20 Å². The summed E-state index contributed by atoms with van der Waals surface area (Å²) < 4.78 is 46.8. The van der Waals surface area contributed by atoms with Crippen molar-refractivity contribution in [2.45, 2.75) is 129 Å². The second kappa shape index (κ2) is 17.9. The Morgan fingerprint density at radius 2 is 1.65 bits per heavy atom. The predicted molar refractivity (Wildman–Crippen MR) is 222 cm³/mol. The number of alkyl halides is 2. The van der Waals surface area contributed by atoms with Crippen LogP contribution in [-0.2, 0) is 20.6 Å². The highest BCUT2D eigenvalue weighted by Crippen LogP contribution is 2.34. The van der Waals surface area contributed by atoms with E-state index in [0.717, 1.165) is 65.3 Å². The minimum Gasteiger partial charge on any atom is -0.444 e. The lowest BCUT2D eigenvalue weighted by Gasteiger charge is -2.31. The molecule has 1 fully saturated rings. The summed E-state index contributed by atoms with van der Waals surface area (Å²) in [5.41, 5.74) is 3.00. The van der Waals surface area contributed by atoms with Gasteiger partial charge in [0.25, 0.3) is 6.43 Å². The van der Waals surface area contributed by atoms with Crippen LogP contribution < -0.4 is 4.90 Å². The lowest BCUT2D eigenvalue weighted by Crippen LogP contribution is -2.43. The molecule has 5 rings (SSSR count). The predicted octanol–water partition coefficient (Wildman–Crippen LogP) is 10.0. The molecule has 0 aromatic carbocycles. The zero-order valence-corrected chi connectivity index (χ0v) is 37.0. The standard InChI is InChI=1S/C39H59F2N7O4SSi2/c1-27-11-14-30(47(27)38(49)52-39(2,3)4)15-13-29-21-34(46(25-50-17-19-54(5,6)7)26-51-18-20-55(8,9)10)48-36(45-29)31(23-44-48)28-12-16-32(42-22-28)37-43-24-33(53-37)35(40)41/h12,16,21-24,27,30,35H,11,13-15,17-20,25-26H2,1-10H3. The first-order valence-corrected chi connectivity index (χ1v) is 27.5. The van der Waals surface area contributed by atoms with Crippen molar-refractivity contribution in [2.24, 2.45) is 0 Å². The summed E-state index contributed by atoms with van der Waals surface area (Å²) in [5.74, 6) is 0.794. The van der Waals surface area contributed by atoms with Crippen molar-refractivity contribution in [3.8, 4) is 21.8 Å². The van der Waals surface area contributed by atoms with Gasteiger partial charge in [-0.25, -0.2) is 23.5 Å². The van der Waals surface area contributed by atoms with Crippen molar-refractivity contribution in [3.05, 3.63) is 47.4 Å². The van der Waals surface area contributed by atoms with E-state index in [-0.39, 0.29) is 23.1 Å². The van der Waals surface area contributed by atoms with Crippen LogP contribution in [0.5, 0.6) is 0 Å². The smallest absolute Gasteiger partial charge is 0.410 e. The van der Waals surface area contributed by atoms with Gasteiger partial charge in [0.05, 0.1) is 16.8 Å². The molecule has 4 aromatic heterocycles. The van der Waals surface area contributed by atoms with Crippen LogP contribution in [0.25, 0.3) is 27.5 Å². The Labute approximate surface area is 330 Å². The molecule has 0 N–H and O–H groups in total. The number of halogens is 2. The Kier molecular flexibility index (Phi) is 13.9. The summed E-state index contributed by atoms with van der Waals surface area (Å²) in [7, 11) is -2.62. The van der Waals surface area contributed by atoms with Crippen LogP contribution in [-0.4, -0.2) is 96.1 Å². The van der Waals surface area contributed by atoms with Gasteiger partial charge in [-0.2, -0.15) is 9.61 Å². The summed E-state index contributed by atoms with van der Waals surface area (Å²) in [6, 6.07) is 7.94. The van der Waals surface area contributed by atoms with Gasteiger partial charge < -0.3 is 24.0 Å². The molecule has 1 saturated heterocycles. The quantitative estimate of drug-likeness (QED) is 0.0585. The van der Waals surface area contributed by atoms with Gasteiger partial charge in [-0.1, -0.05) is 45.3 Å². The van der Waals surface area contributed by atoms with E-state index in [0.29, 0.717) is 49.4 Å². The van der Waals surface area contributed by atoms with E-state index in [9.17, 15) is 13.6 Å². The molecule has 1 aliphatic rings. The number of hydrogen-bond donors (Lipinski definition) is 0. The Morgan fingerprint density at radius 3 is 2.22 bits per heavy atom. The average molecular weight is 816 g/mol. The highest BCUT2D eigenvalue weighted by atomic mass is 32.1. The average Bonchev–Trinajstić information content (AvgIpc) is 3.83. The van der Waals surface area contributed by atoms with Crippen LogP contribution in [0.15, 0.2) is 36.8 Å². The number of rotatable bonds is 17. The number of hydrogen-bond acceptors (Lipinski definition) is 10. The highest BCUT2D eigenvalue weighted by Gasteiger charge is 2.37. The first kappa shape index (κ1) is 42.8. The van der Waals surface area contributed by atoms with Crippen molar-refractivity contribution in [3.63, 3.8) is 0 Å². The molecule has 1 amide bonds. The Hall–Kier alpha value is -3.32. The largest absolute Gasteiger partial charge is 0.444 e. The van der Waals surface area contributed by atoms with Gasteiger partial charge in [-0.3, -0.25) is 4.98 Å². The normalized spacial score (nSPS) is 16.8. The summed E-state index contributed by atoms with van der Waals surface area (Å²) >= 11 is 0.936. The molecule has 302 valence electrons. The van der Waals surface area contributed by atoms with Crippen molar-refractivity contribution in [2.75, 3.05) is 31.6 Å². The van der Waals surface area contributed by atoms with Crippen molar-refractivity contribution < 1.29 is 27.8 Å². The first-order chi connectivity index (χ1) is 25.8. The lowest BCUT2D eigenvalue weighted by molar-refractivity contribution is 0.0153. The number of fused-ring (bicyclic) bond motifs is 1. The molecule has 4 aromatic rings. The number of ether oxygens (including phenoxy) is 3. The Bertz CT molecular complexity index is 1850. The van der Waals surface area contributed by atoms with Gasteiger partial charge in [0.15, 0.2) is 5.65 Å². The fraction of sp³-hybridized carbons (Fsp3) is 0.615. The molecule has 0 radical (unpaired) electrons. The van der Waals surface area contributed by atoms with Gasteiger partial charge in [-0.15, -0.1) is 11.3 Å². The van der Waals surface area contributed by atoms with E-state index in [1.54, 1.807) is 18.5 Å². The third-order valence-electron chi connectivity index (χ3n) is 9.47. The van der Waals surface area contributed by atoms with Crippen LogP contribution in [0.2, 0.25) is 51.4 Å². The minimum absolute atomic E-state index is 0.0230. The van der Waals surface area contributed by atoms with Crippen LogP contribution in [0, 0.1) is 0 Å². The molecular weight excluding hydrogens is 757 g/mol. The molecule has 0 spiro atoms. The van der Waals surface area contributed by atoms with Crippen LogP contribution in [0.4, 0.5) is 19.4 Å². The van der Waals surface area contributed by atoms with E-state index in [4.69, 9.17) is 24.3 Å². The summed E-state index contributed by atoms with van der Waals surface area (Å²) in [5, 5.41) is 5.27. The number of carbonyl (C=O) groups excluding carboxylic acids is 1. The summed E-state index contributed by atoms with van der Waals surface area (Å²) in [4.78, 5) is 31.1. The second-order valence-corrected chi connectivity index (χ2v) is 30.2. The number of pyridine rings is 1. The Balaban J connectivity index is 1.49. The van der Waals surface area contributed by atoms with Crippen molar-refractivity contribution >= 4 is 45.0 Å². The second-order valence-electron chi connectivity index (χ2n) is 17.9. The molecule has 1 aliphatic heterocycles.